The Morgan fingerprint density at radius 2 is 1.91 bits per heavy atom. The topological polar surface area (TPSA) is 63.2 Å². The fraction of sp³-hybridized carbons (Fsp3) is 0.882. The van der Waals surface area contributed by atoms with Crippen LogP contribution in [0.15, 0.2) is 4.99 Å². The lowest BCUT2D eigenvalue weighted by molar-refractivity contribution is -0.146. The first-order chi connectivity index (χ1) is 11.2. The molecule has 6 heteroatoms. The van der Waals surface area contributed by atoms with E-state index in [-0.39, 0.29) is 11.9 Å². The summed E-state index contributed by atoms with van der Waals surface area (Å²) in [6.07, 6.45) is 8.24. The van der Waals surface area contributed by atoms with Crippen LogP contribution in [-0.2, 0) is 14.3 Å². The maximum Gasteiger partial charge on any atom is 0.308 e. The maximum atomic E-state index is 11.6. The first-order valence-corrected chi connectivity index (χ1v) is 8.89. The van der Waals surface area contributed by atoms with Crippen LogP contribution in [0.4, 0.5) is 0 Å². The van der Waals surface area contributed by atoms with Crippen molar-refractivity contribution in [3.8, 4) is 0 Å². The van der Waals surface area contributed by atoms with Crippen molar-refractivity contribution in [3.05, 3.63) is 0 Å². The predicted molar refractivity (Wildman–Crippen MR) is 90.5 cm³/mol. The van der Waals surface area contributed by atoms with Gasteiger partial charge in [-0.25, -0.2) is 0 Å². The minimum absolute atomic E-state index is 0.0363. The molecule has 0 amide bonds. The first-order valence-electron chi connectivity index (χ1n) is 8.89. The number of likely N-dealkylation sites (tertiary alicyclic amines) is 1. The second-order valence-corrected chi connectivity index (χ2v) is 6.39. The fourth-order valence-corrected chi connectivity index (χ4v) is 3.40. The molecule has 6 nitrogen and oxygen atoms in total. The summed E-state index contributed by atoms with van der Waals surface area (Å²) in [6.45, 7) is 3.38. The van der Waals surface area contributed by atoms with Crippen LogP contribution in [0.1, 0.15) is 44.9 Å². The molecule has 0 aromatic rings. The van der Waals surface area contributed by atoms with Crippen molar-refractivity contribution in [3.63, 3.8) is 0 Å². The Morgan fingerprint density at radius 1 is 1.22 bits per heavy atom. The lowest BCUT2D eigenvalue weighted by Gasteiger charge is -2.33. The van der Waals surface area contributed by atoms with Gasteiger partial charge in [-0.15, -0.1) is 0 Å². The number of ether oxygens (including phenoxy) is 2. The van der Waals surface area contributed by atoms with Crippen LogP contribution in [0.25, 0.3) is 0 Å². The van der Waals surface area contributed by atoms with Gasteiger partial charge < -0.3 is 19.7 Å². The normalized spacial score (nSPS) is 20.8. The van der Waals surface area contributed by atoms with Crippen molar-refractivity contribution in [1.82, 2.24) is 10.2 Å². The van der Waals surface area contributed by atoms with Crippen LogP contribution in [0.5, 0.6) is 0 Å². The summed E-state index contributed by atoms with van der Waals surface area (Å²) >= 11 is 0. The molecule has 23 heavy (non-hydrogen) atoms. The van der Waals surface area contributed by atoms with Gasteiger partial charge in [0.25, 0.3) is 0 Å². The van der Waals surface area contributed by atoms with Crippen LogP contribution in [0.3, 0.4) is 0 Å². The van der Waals surface area contributed by atoms with E-state index in [4.69, 9.17) is 9.47 Å². The molecule has 0 unspecified atom stereocenters. The number of esters is 1. The number of hydrogen-bond acceptors (Lipinski definition) is 4. The number of methoxy groups -OCH3 is 1. The monoisotopic (exact) mass is 325 g/mol. The average Bonchev–Trinajstić information content (AvgIpc) is 3.11. The van der Waals surface area contributed by atoms with E-state index in [2.05, 4.69) is 15.2 Å². The smallest absolute Gasteiger partial charge is 0.308 e. The second kappa shape index (κ2) is 9.75. The lowest BCUT2D eigenvalue weighted by Crippen LogP contribution is -2.47. The van der Waals surface area contributed by atoms with Crippen molar-refractivity contribution in [2.24, 2.45) is 10.9 Å². The Hall–Kier alpha value is -1.30. The Labute approximate surface area is 139 Å². The van der Waals surface area contributed by atoms with E-state index >= 15 is 0 Å². The van der Waals surface area contributed by atoms with Crippen LogP contribution < -0.4 is 5.32 Å². The average molecular weight is 325 g/mol. The molecule has 0 aromatic carbocycles. The molecular weight excluding hydrogens is 294 g/mol. The highest BCUT2D eigenvalue weighted by atomic mass is 16.5. The molecule has 0 aromatic heterocycles. The molecule has 1 aliphatic heterocycles. The molecule has 0 bridgehead atoms. The summed E-state index contributed by atoms with van der Waals surface area (Å²) in [6, 6.07) is 0. The summed E-state index contributed by atoms with van der Waals surface area (Å²) in [7, 11) is 3.27. The van der Waals surface area contributed by atoms with Crippen LogP contribution >= 0.6 is 0 Å². The molecule has 0 radical (unpaired) electrons. The molecule has 0 spiro atoms. The summed E-state index contributed by atoms with van der Waals surface area (Å²) in [5.41, 5.74) is 0. The Balaban J connectivity index is 1.60. The number of rotatable bonds is 6. The first kappa shape index (κ1) is 18.0. The van der Waals surface area contributed by atoms with Crippen LogP contribution in [-0.4, -0.2) is 63.3 Å². The van der Waals surface area contributed by atoms with Gasteiger partial charge in [0.15, 0.2) is 5.96 Å². The zero-order chi connectivity index (χ0) is 16.5. The van der Waals surface area contributed by atoms with Crippen LogP contribution in [0, 0.1) is 5.92 Å². The Bertz CT molecular complexity index is 387. The molecule has 132 valence electrons. The third kappa shape index (κ3) is 5.68. The maximum absolute atomic E-state index is 11.6. The quantitative estimate of drug-likeness (QED) is 0.349. The van der Waals surface area contributed by atoms with E-state index in [1.54, 1.807) is 0 Å². The molecular formula is C17H31N3O3. The standard InChI is InChI=1S/C17H31N3O3/c1-18-17(19-10-5-13-23-15-6-3-4-7-15)20-11-8-14(9-12-20)16(21)22-2/h14-15H,3-13H2,1-2H3,(H,18,19). The van der Waals surface area contributed by atoms with Gasteiger partial charge >= 0.3 is 5.97 Å². The van der Waals surface area contributed by atoms with Gasteiger partial charge in [0, 0.05) is 33.3 Å². The third-order valence-electron chi connectivity index (χ3n) is 4.80. The van der Waals surface area contributed by atoms with Crippen molar-refractivity contribution in [1.29, 1.82) is 0 Å². The highest BCUT2D eigenvalue weighted by Gasteiger charge is 2.26. The van der Waals surface area contributed by atoms with Crippen molar-refractivity contribution in [2.45, 2.75) is 51.0 Å². The number of piperidine rings is 1. The lowest BCUT2D eigenvalue weighted by atomic mass is 9.97. The molecule has 1 saturated heterocycles. The number of carbonyl (C=O) groups excluding carboxylic acids is 1. The number of nitrogens with one attached hydrogen (secondary N) is 1. The number of carbonyl (C=O) groups is 1. The van der Waals surface area contributed by atoms with Crippen molar-refractivity contribution in [2.75, 3.05) is 40.4 Å². The van der Waals surface area contributed by atoms with Gasteiger partial charge in [-0.1, -0.05) is 12.8 Å². The van der Waals surface area contributed by atoms with Crippen LogP contribution in [0.2, 0.25) is 0 Å². The van der Waals surface area contributed by atoms with Gasteiger partial charge in [0.05, 0.1) is 19.1 Å². The Morgan fingerprint density at radius 3 is 2.52 bits per heavy atom. The second-order valence-electron chi connectivity index (χ2n) is 6.39. The van der Waals surface area contributed by atoms with E-state index in [0.29, 0.717) is 6.10 Å². The zero-order valence-electron chi connectivity index (χ0n) is 14.6. The van der Waals surface area contributed by atoms with Gasteiger partial charge in [0.2, 0.25) is 0 Å². The highest BCUT2D eigenvalue weighted by Crippen LogP contribution is 2.21. The highest BCUT2D eigenvalue weighted by molar-refractivity contribution is 5.80. The molecule has 1 heterocycles. The van der Waals surface area contributed by atoms with E-state index in [1.807, 2.05) is 7.05 Å². The number of guanidine groups is 1. The molecule has 1 saturated carbocycles. The summed E-state index contributed by atoms with van der Waals surface area (Å²) in [4.78, 5) is 18.1. The molecule has 0 atom stereocenters. The van der Waals surface area contributed by atoms with E-state index in [1.165, 1.54) is 32.8 Å². The summed E-state index contributed by atoms with van der Waals surface area (Å²) in [5, 5.41) is 3.40. The third-order valence-corrected chi connectivity index (χ3v) is 4.80. The molecule has 2 aliphatic rings. The molecule has 1 N–H and O–H groups in total. The van der Waals surface area contributed by atoms with E-state index in [9.17, 15) is 4.79 Å². The van der Waals surface area contributed by atoms with Gasteiger partial charge in [-0.05, 0) is 32.1 Å². The van der Waals surface area contributed by atoms with Gasteiger partial charge in [-0.2, -0.15) is 0 Å². The fourth-order valence-electron chi connectivity index (χ4n) is 3.40. The van der Waals surface area contributed by atoms with Gasteiger partial charge in [-0.3, -0.25) is 9.79 Å². The van der Waals surface area contributed by atoms with Gasteiger partial charge in [0.1, 0.15) is 0 Å². The van der Waals surface area contributed by atoms with E-state index in [0.717, 1.165) is 51.5 Å². The molecule has 2 fully saturated rings. The van der Waals surface area contributed by atoms with Crippen molar-refractivity contribution >= 4 is 11.9 Å². The molecule has 1 aliphatic carbocycles. The SMILES string of the molecule is CN=C(NCCCOC1CCCC1)N1CCC(C(=O)OC)CC1. The Kier molecular flexibility index (Phi) is 7.65. The molecule has 2 rings (SSSR count). The number of nitrogens with zero attached hydrogens (tertiary/aromatic N) is 2. The summed E-state index contributed by atoms with van der Waals surface area (Å²) in [5.74, 6) is 0.875. The van der Waals surface area contributed by atoms with Crippen molar-refractivity contribution < 1.29 is 14.3 Å². The largest absolute Gasteiger partial charge is 0.469 e. The van der Waals surface area contributed by atoms with E-state index < -0.39 is 0 Å². The zero-order valence-corrected chi connectivity index (χ0v) is 14.6. The minimum atomic E-state index is -0.0864. The minimum Gasteiger partial charge on any atom is -0.469 e. The number of aliphatic imine (C=N–C) groups is 1. The summed E-state index contributed by atoms with van der Waals surface area (Å²) < 4.78 is 10.7. The predicted octanol–water partition coefficient (Wildman–Crippen LogP) is 1.80. The number of hydrogen-bond donors (Lipinski definition) is 1.